The van der Waals surface area contributed by atoms with Crippen LogP contribution in [0.2, 0.25) is 0 Å². The average Bonchev–Trinajstić information content (AvgIpc) is 3.13. The monoisotopic (exact) mass is 303 g/mol. The Morgan fingerprint density at radius 3 is 3.14 bits per heavy atom. The van der Waals surface area contributed by atoms with Crippen LogP contribution in [0.15, 0.2) is 28.4 Å². The summed E-state index contributed by atoms with van der Waals surface area (Å²) in [6.45, 7) is 2.19. The predicted molar refractivity (Wildman–Crippen MR) is 81.4 cm³/mol. The smallest absolute Gasteiger partial charge is 0.267 e. The van der Waals surface area contributed by atoms with E-state index in [1.54, 1.807) is 24.3 Å². The highest BCUT2D eigenvalue weighted by molar-refractivity contribution is 7.09. The first-order valence-electron chi connectivity index (χ1n) is 7.07. The van der Waals surface area contributed by atoms with Crippen LogP contribution >= 0.6 is 11.3 Å². The number of fused-ring (bicyclic) bond motifs is 1. The average molecular weight is 303 g/mol. The van der Waals surface area contributed by atoms with E-state index in [0.29, 0.717) is 6.54 Å². The molecule has 0 saturated carbocycles. The first-order valence-corrected chi connectivity index (χ1v) is 7.95. The minimum absolute atomic E-state index is 0.184. The summed E-state index contributed by atoms with van der Waals surface area (Å²) in [6.07, 6.45) is 2.83. The first kappa shape index (κ1) is 14.0. The van der Waals surface area contributed by atoms with E-state index in [2.05, 4.69) is 10.4 Å². The molecule has 1 amide bonds. The zero-order valence-corrected chi connectivity index (χ0v) is 12.7. The number of rotatable bonds is 4. The molecule has 1 unspecified atom stereocenters. The van der Waals surface area contributed by atoms with Crippen molar-refractivity contribution in [3.8, 4) is 0 Å². The molecule has 1 N–H and O–H groups in total. The van der Waals surface area contributed by atoms with Crippen LogP contribution in [0.25, 0.3) is 0 Å². The van der Waals surface area contributed by atoms with Crippen molar-refractivity contribution < 1.29 is 4.79 Å². The first-order chi connectivity index (χ1) is 10.1. The lowest BCUT2D eigenvalue weighted by Crippen LogP contribution is -2.37. The molecule has 1 aliphatic rings. The number of carbonyl (C=O) groups excluding carboxylic acids is 1. The lowest BCUT2D eigenvalue weighted by atomic mass is 10.2. The fourth-order valence-electron chi connectivity index (χ4n) is 2.54. The fraction of sp³-hybridized carbons (Fsp3) is 0.400. The third-order valence-electron chi connectivity index (χ3n) is 3.75. The van der Waals surface area contributed by atoms with E-state index in [9.17, 15) is 9.59 Å². The third kappa shape index (κ3) is 2.90. The largest absolute Gasteiger partial charge is 0.349 e. The second-order valence-electron chi connectivity index (χ2n) is 5.23. The van der Waals surface area contributed by atoms with Crippen molar-refractivity contribution in [2.24, 2.45) is 0 Å². The number of amides is 1. The predicted octanol–water partition coefficient (Wildman–Crippen LogP) is 1.67. The van der Waals surface area contributed by atoms with Gasteiger partial charge in [0.15, 0.2) is 0 Å². The molecule has 0 spiro atoms. The van der Waals surface area contributed by atoms with Crippen molar-refractivity contribution in [3.05, 3.63) is 50.1 Å². The summed E-state index contributed by atoms with van der Waals surface area (Å²) >= 11 is 1.59. The maximum absolute atomic E-state index is 12.2. The summed E-state index contributed by atoms with van der Waals surface area (Å²) in [7, 11) is 0. The van der Waals surface area contributed by atoms with Crippen LogP contribution in [-0.4, -0.2) is 15.7 Å². The number of aromatic nitrogens is 2. The van der Waals surface area contributed by atoms with E-state index in [1.807, 2.05) is 17.5 Å². The van der Waals surface area contributed by atoms with Crippen LogP contribution in [0.3, 0.4) is 0 Å². The van der Waals surface area contributed by atoms with Crippen molar-refractivity contribution in [2.75, 3.05) is 0 Å². The second-order valence-corrected chi connectivity index (χ2v) is 6.26. The Hall–Kier alpha value is -1.95. The summed E-state index contributed by atoms with van der Waals surface area (Å²) in [5.41, 5.74) is 1.78. The number of nitrogens with one attached hydrogen (secondary N) is 1. The number of hydrogen-bond donors (Lipinski definition) is 1. The molecule has 5 nitrogen and oxygen atoms in total. The zero-order chi connectivity index (χ0) is 14.8. The Morgan fingerprint density at radius 2 is 2.38 bits per heavy atom. The van der Waals surface area contributed by atoms with Crippen LogP contribution in [-0.2, 0) is 24.2 Å². The van der Waals surface area contributed by atoms with E-state index in [1.165, 1.54) is 4.68 Å². The van der Waals surface area contributed by atoms with Gasteiger partial charge in [0.25, 0.3) is 5.56 Å². The third-order valence-corrected chi connectivity index (χ3v) is 4.62. The molecule has 1 aliphatic carbocycles. The molecule has 0 aromatic carbocycles. The summed E-state index contributed by atoms with van der Waals surface area (Å²) in [6, 6.07) is 4.94. The SMILES string of the molecule is CC(C(=O)NCc1cccs1)n1nc2c(cc1=O)CCC2. The molecule has 0 radical (unpaired) electrons. The Morgan fingerprint density at radius 1 is 1.52 bits per heavy atom. The number of thiophene rings is 1. The van der Waals surface area contributed by atoms with Gasteiger partial charge in [0, 0.05) is 10.9 Å². The van der Waals surface area contributed by atoms with Crippen molar-refractivity contribution in [2.45, 2.75) is 38.8 Å². The maximum Gasteiger partial charge on any atom is 0.267 e. The van der Waals surface area contributed by atoms with Gasteiger partial charge in [-0.3, -0.25) is 9.59 Å². The number of nitrogens with zero attached hydrogens (tertiary/aromatic N) is 2. The molecule has 1 atom stereocenters. The molecule has 21 heavy (non-hydrogen) atoms. The summed E-state index contributed by atoms with van der Waals surface area (Å²) < 4.78 is 1.30. The van der Waals surface area contributed by atoms with Crippen LogP contribution in [0.5, 0.6) is 0 Å². The Bertz CT molecular complexity index is 706. The Labute approximate surface area is 126 Å². The van der Waals surface area contributed by atoms with Gasteiger partial charge in [0.2, 0.25) is 5.91 Å². The maximum atomic E-state index is 12.2. The van der Waals surface area contributed by atoms with Crippen molar-refractivity contribution in [1.29, 1.82) is 0 Å². The standard InChI is InChI=1S/C15H17N3O2S/c1-10(15(20)16-9-12-5-3-7-21-12)18-14(19)8-11-4-2-6-13(11)17-18/h3,5,7-8,10H,2,4,6,9H2,1H3,(H,16,20). The number of carbonyl (C=O) groups is 1. The highest BCUT2D eigenvalue weighted by Crippen LogP contribution is 2.18. The van der Waals surface area contributed by atoms with E-state index < -0.39 is 6.04 Å². The number of hydrogen-bond acceptors (Lipinski definition) is 4. The summed E-state index contributed by atoms with van der Waals surface area (Å²) in [4.78, 5) is 25.4. The minimum Gasteiger partial charge on any atom is -0.349 e. The number of aryl methyl sites for hydroxylation is 2. The topological polar surface area (TPSA) is 64.0 Å². The normalized spacial score (nSPS) is 14.7. The molecule has 0 fully saturated rings. The quantitative estimate of drug-likeness (QED) is 0.934. The van der Waals surface area contributed by atoms with E-state index in [-0.39, 0.29) is 11.5 Å². The molecule has 110 valence electrons. The van der Waals surface area contributed by atoms with Gasteiger partial charge in [-0.15, -0.1) is 11.3 Å². The van der Waals surface area contributed by atoms with Gasteiger partial charge in [-0.1, -0.05) is 6.07 Å². The molecule has 0 saturated heterocycles. The Kier molecular flexibility index (Phi) is 3.88. The van der Waals surface area contributed by atoms with Gasteiger partial charge < -0.3 is 5.32 Å². The van der Waals surface area contributed by atoms with Gasteiger partial charge in [0.1, 0.15) is 6.04 Å². The van der Waals surface area contributed by atoms with Crippen LogP contribution < -0.4 is 10.9 Å². The fourth-order valence-corrected chi connectivity index (χ4v) is 3.18. The van der Waals surface area contributed by atoms with Gasteiger partial charge in [-0.2, -0.15) is 5.10 Å². The van der Waals surface area contributed by atoms with E-state index >= 15 is 0 Å². The second kappa shape index (κ2) is 5.81. The molecular formula is C15H17N3O2S. The highest BCUT2D eigenvalue weighted by atomic mass is 32.1. The van der Waals surface area contributed by atoms with Crippen molar-refractivity contribution >= 4 is 17.2 Å². The highest BCUT2D eigenvalue weighted by Gasteiger charge is 2.21. The van der Waals surface area contributed by atoms with E-state index in [0.717, 1.165) is 35.4 Å². The van der Waals surface area contributed by atoms with Gasteiger partial charge in [0.05, 0.1) is 12.2 Å². The van der Waals surface area contributed by atoms with Crippen molar-refractivity contribution in [3.63, 3.8) is 0 Å². The summed E-state index contributed by atoms with van der Waals surface area (Å²) in [5, 5.41) is 9.18. The van der Waals surface area contributed by atoms with Crippen LogP contribution in [0.1, 0.15) is 35.5 Å². The summed E-state index contributed by atoms with van der Waals surface area (Å²) in [5.74, 6) is -0.184. The van der Waals surface area contributed by atoms with E-state index in [4.69, 9.17) is 0 Å². The van der Waals surface area contributed by atoms with Gasteiger partial charge in [-0.05, 0) is 43.2 Å². The molecule has 2 aromatic rings. The lowest BCUT2D eigenvalue weighted by molar-refractivity contribution is -0.124. The van der Waals surface area contributed by atoms with Gasteiger partial charge >= 0.3 is 0 Å². The zero-order valence-electron chi connectivity index (χ0n) is 11.8. The van der Waals surface area contributed by atoms with Crippen LogP contribution in [0, 0.1) is 0 Å². The molecule has 3 rings (SSSR count). The van der Waals surface area contributed by atoms with Crippen LogP contribution in [0.4, 0.5) is 0 Å². The van der Waals surface area contributed by atoms with Crippen molar-refractivity contribution in [1.82, 2.24) is 15.1 Å². The lowest BCUT2D eigenvalue weighted by Gasteiger charge is -2.14. The minimum atomic E-state index is -0.594. The molecule has 0 aliphatic heterocycles. The molecule has 0 bridgehead atoms. The molecular weight excluding hydrogens is 286 g/mol. The molecule has 6 heteroatoms. The van der Waals surface area contributed by atoms with Gasteiger partial charge in [-0.25, -0.2) is 4.68 Å². The molecule has 2 aromatic heterocycles. The molecule has 2 heterocycles. The Balaban J connectivity index is 1.74.